The number of aryl methyl sites for hydroxylation is 1. The number of fused-ring (bicyclic) bond motifs is 2. The number of hydrogen-bond acceptors (Lipinski definition) is 5. The highest BCUT2D eigenvalue weighted by atomic mass is 16.1. The van der Waals surface area contributed by atoms with Crippen LogP contribution < -0.4 is 10.6 Å². The second-order valence-corrected chi connectivity index (χ2v) is 5.96. The lowest BCUT2D eigenvalue weighted by atomic mass is 9.96. The minimum atomic E-state index is -0.120. The number of aromatic nitrogens is 4. The van der Waals surface area contributed by atoms with Crippen LogP contribution in [0.5, 0.6) is 0 Å². The summed E-state index contributed by atoms with van der Waals surface area (Å²) in [6.45, 7) is 4.27. The van der Waals surface area contributed by atoms with Gasteiger partial charge in [0.15, 0.2) is 0 Å². The van der Waals surface area contributed by atoms with Crippen molar-refractivity contribution in [1.29, 1.82) is 0 Å². The zero-order valence-corrected chi connectivity index (χ0v) is 13.4. The highest BCUT2D eigenvalue weighted by Gasteiger charge is 2.16. The number of nitrogens with one attached hydrogen (secondary N) is 3. The Morgan fingerprint density at radius 3 is 3.08 bits per heavy atom. The normalized spacial score (nSPS) is 13.7. The average molecular weight is 322 g/mol. The molecule has 0 unspecified atom stereocenters. The zero-order chi connectivity index (χ0) is 16.5. The van der Waals surface area contributed by atoms with Crippen molar-refractivity contribution >= 4 is 16.9 Å². The van der Waals surface area contributed by atoms with Gasteiger partial charge >= 0.3 is 0 Å². The van der Waals surface area contributed by atoms with E-state index in [1.165, 1.54) is 11.1 Å². The number of nitrogens with zero attached hydrogens (tertiary/aromatic N) is 3. The molecule has 0 spiro atoms. The molecule has 3 aromatic rings. The van der Waals surface area contributed by atoms with E-state index in [9.17, 15) is 4.79 Å². The van der Waals surface area contributed by atoms with Crippen LogP contribution in [0.1, 0.15) is 32.7 Å². The largest absolute Gasteiger partial charge is 0.348 e. The van der Waals surface area contributed by atoms with Crippen LogP contribution in [-0.2, 0) is 19.5 Å². The second kappa shape index (κ2) is 6.01. The van der Waals surface area contributed by atoms with Gasteiger partial charge in [-0.1, -0.05) is 0 Å². The predicted molar refractivity (Wildman–Crippen MR) is 89.4 cm³/mol. The van der Waals surface area contributed by atoms with Gasteiger partial charge in [-0.15, -0.1) is 0 Å². The molecule has 0 bridgehead atoms. The maximum atomic E-state index is 12.5. The zero-order valence-electron chi connectivity index (χ0n) is 13.4. The standard InChI is InChI=1S/C17H18N6O/c1-10-14(13-4-5-18-7-12(13)8-19-10)9-20-17(24)11-2-3-15-16(6-11)22-23-21-15/h2-3,6,8,18H,4-5,7,9H2,1H3,(H,20,24)(H,21,22,23). The summed E-state index contributed by atoms with van der Waals surface area (Å²) in [6.07, 6.45) is 2.90. The third kappa shape index (κ3) is 2.63. The molecule has 1 amide bonds. The first kappa shape index (κ1) is 14.8. The number of benzene rings is 1. The van der Waals surface area contributed by atoms with E-state index in [0.717, 1.165) is 36.3 Å². The SMILES string of the molecule is Cc1ncc2c(c1CNC(=O)c1ccc3n[nH]nc3c1)CCNC2. The van der Waals surface area contributed by atoms with Gasteiger partial charge in [0.05, 0.1) is 0 Å². The van der Waals surface area contributed by atoms with Gasteiger partial charge in [0.1, 0.15) is 11.0 Å². The Bertz CT molecular complexity index is 917. The van der Waals surface area contributed by atoms with Crippen molar-refractivity contribution < 1.29 is 4.79 Å². The van der Waals surface area contributed by atoms with Crippen molar-refractivity contribution in [3.8, 4) is 0 Å². The second-order valence-electron chi connectivity index (χ2n) is 5.96. The van der Waals surface area contributed by atoms with Gasteiger partial charge in [-0.2, -0.15) is 15.4 Å². The summed E-state index contributed by atoms with van der Waals surface area (Å²) in [5.41, 5.74) is 6.65. The molecule has 3 heterocycles. The average Bonchev–Trinajstić information content (AvgIpc) is 3.08. The van der Waals surface area contributed by atoms with Gasteiger partial charge in [-0.25, -0.2) is 0 Å². The Labute approximate surface area is 138 Å². The summed E-state index contributed by atoms with van der Waals surface area (Å²) in [5, 5.41) is 16.9. The van der Waals surface area contributed by atoms with Crippen LogP contribution in [0.25, 0.3) is 11.0 Å². The highest BCUT2D eigenvalue weighted by Crippen LogP contribution is 2.20. The Hall–Kier alpha value is -2.80. The maximum Gasteiger partial charge on any atom is 0.251 e. The third-order valence-electron chi connectivity index (χ3n) is 4.47. The molecule has 2 aromatic heterocycles. The number of aromatic amines is 1. The molecule has 0 fully saturated rings. The number of hydrogen-bond donors (Lipinski definition) is 3. The fourth-order valence-corrected chi connectivity index (χ4v) is 3.13. The lowest BCUT2D eigenvalue weighted by Gasteiger charge is -2.21. The van der Waals surface area contributed by atoms with E-state index < -0.39 is 0 Å². The highest BCUT2D eigenvalue weighted by molar-refractivity contribution is 5.97. The Morgan fingerprint density at radius 2 is 2.17 bits per heavy atom. The molecule has 0 atom stereocenters. The van der Waals surface area contributed by atoms with Crippen LogP contribution in [-0.4, -0.2) is 32.8 Å². The van der Waals surface area contributed by atoms with Crippen molar-refractivity contribution in [2.24, 2.45) is 0 Å². The Balaban J connectivity index is 1.55. The molecule has 0 saturated carbocycles. The van der Waals surface area contributed by atoms with Gasteiger partial charge in [-0.3, -0.25) is 9.78 Å². The topological polar surface area (TPSA) is 95.6 Å². The van der Waals surface area contributed by atoms with Gasteiger partial charge < -0.3 is 10.6 Å². The fourth-order valence-electron chi connectivity index (χ4n) is 3.13. The van der Waals surface area contributed by atoms with Crippen LogP contribution >= 0.6 is 0 Å². The molecule has 3 N–H and O–H groups in total. The van der Waals surface area contributed by atoms with E-state index in [4.69, 9.17) is 0 Å². The summed E-state index contributed by atoms with van der Waals surface area (Å²) in [5.74, 6) is -0.120. The molecule has 0 radical (unpaired) electrons. The number of amides is 1. The van der Waals surface area contributed by atoms with Crippen molar-refractivity contribution in [3.05, 3.63) is 52.3 Å². The lowest BCUT2D eigenvalue weighted by Crippen LogP contribution is -2.28. The minimum absolute atomic E-state index is 0.120. The van der Waals surface area contributed by atoms with Gasteiger partial charge in [0.25, 0.3) is 5.91 Å². The molecule has 122 valence electrons. The molecule has 0 aliphatic carbocycles. The lowest BCUT2D eigenvalue weighted by molar-refractivity contribution is 0.0951. The van der Waals surface area contributed by atoms with Crippen LogP contribution in [0.4, 0.5) is 0 Å². The molecule has 4 rings (SSSR count). The van der Waals surface area contributed by atoms with E-state index in [-0.39, 0.29) is 5.91 Å². The summed E-state index contributed by atoms with van der Waals surface area (Å²) in [7, 11) is 0. The predicted octanol–water partition coefficient (Wildman–Crippen LogP) is 1.24. The Kier molecular flexibility index (Phi) is 3.70. The summed E-state index contributed by atoms with van der Waals surface area (Å²) in [4.78, 5) is 16.9. The van der Waals surface area contributed by atoms with Crippen molar-refractivity contribution in [2.75, 3.05) is 6.54 Å². The maximum absolute atomic E-state index is 12.5. The van der Waals surface area contributed by atoms with E-state index in [2.05, 4.69) is 31.0 Å². The molecule has 24 heavy (non-hydrogen) atoms. The molecular weight excluding hydrogens is 304 g/mol. The van der Waals surface area contributed by atoms with Gasteiger partial charge in [0.2, 0.25) is 0 Å². The monoisotopic (exact) mass is 322 g/mol. The first-order valence-electron chi connectivity index (χ1n) is 7.98. The first-order chi connectivity index (χ1) is 11.7. The number of pyridine rings is 1. The summed E-state index contributed by atoms with van der Waals surface area (Å²) in [6, 6.07) is 5.29. The van der Waals surface area contributed by atoms with Crippen molar-refractivity contribution in [2.45, 2.75) is 26.4 Å². The van der Waals surface area contributed by atoms with E-state index in [1.807, 2.05) is 13.1 Å². The molecule has 1 aliphatic rings. The fraction of sp³-hybridized carbons (Fsp3) is 0.294. The van der Waals surface area contributed by atoms with Crippen LogP contribution in [0, 0.1) is 6.92 Å². The van der Waals surface area contributed by atoms with E-state index in [1.54, 1.807) is 18.2 Å². The summed E-state index contributed by atoms with van der Waals surface area (Å²) >= 11 is 0. The van der Waals surface area contributed by atoms with Crippen molar-refractivity contribution in [3.63, 3.8) is 0 Å². The molecule has 1 aliphatic heterocycles. The number of carbonyl (C=O) groups excluding carboxylic acids is 1. The smallest absolute Gasteiger partial charge is 0.251 e. The molecule has 7 heteroatoms. The number of carbonyl (C=O) groups is 1. The van der Waals surface area contributed by atoms with Crippen LogP contribution in [0.3, 0.4) is 0 Å². The third-order valence-corrected chi connectivity index (χ3v) is 4.47. The summed E-state index contributed by atoms with van der Waals surface area (Å²) < 4.78 is 0. The Morgan fingerprint density at radius 1 is 1.29 bits per heavy atom. The van der Waals surface area contributed by atoms with Crippen LogP contribution in [0.2, 0.25) is 0 Å². The molecule has 0 saturated heterocycles. The van der Waals surface area contributed by atoms with E-state index in [0.29, 0.717) is 17.6 Å². The van der Waals surface area contributed by atoms with Gasteiger partial charge in [0, 0.05) is 30.5 Å². The quantitative estimate of drug-likeness (QED) is 0.674. The molecule has 7 nitrogen and oxygen atoms in total. The molecule has 1 aromatic carbocycles. The minimum Gasteiger partial charge on any atom is -0.348 e. The number of rotatable bonds is 3. The molecular formula is C17H18N6O. The van der Waals surface area contributed by atoms with Gasteiger partial charge in [-0.05, 0) is 54.8 Å². The van der Waals surface area contributed by atoms with E-state index >= 15 is 0 Å². The van der Waals surface area contributed by atoms with Crippen LogP contribution in [0.15, 0.2) is 24.4 Å². The number of H-pyrrole nitrogens is 1. The first-order valence-corrected chi connectivity index (χ1v) is 7.98. The van der Waals surface area contributed by atoms with Crippen molar-refractivity contribution in [1.82, 2.24) is 31.0 Å².